The normalized spacial score (nSPS) is 11.0. The number of imidazole rings is 1. The van der Waals surface area contributed by atoms with Gasteiger partial charge in [0, 0.05) is 12.1 Å². The van der Waals surface area contributed by atoms with Crippen molar-refractivity contribution in [3.63, 3.8) is 0 Å². The number of halogens is 1. The fraction of sp³-hybridized carbons (Fsp3) is 0.263. The van der Waals surface area contributed by atoms with Crippen LogP contribution in [0.4, 0.5) is 0 Å². The highest BCUT2D eigenvalue weighted by molar-refractivity contribution is 6.31. The summed E-state index contributed by atoms with van der Waals surface area (Å²) in [4.78, 5) is 15.7. The van der Waals surface area contributed by atoms with Crippen LogP contribution in [-0.2, 0) is 11.3 Å². The second-order valence-corrected chi connectivity index (χ2v) is 6.26. The summed E-state index contributed by atoms with van der Waals surface area (Å²) in [7, 11) is 1.62. The largest absolute Gasteiger partial charge is 0.491 e. The van der Waals surface area contributed by atoms with Crippen LogP contribution in [0.3, 0.4) is 0 Å². The predicted octanol–water partition coefficient (Wildman–Crippen LogP) is 3.77. The first-order valence-electron chi connectivity index (χ1n) is 8.10. The summed E-state index contributed by atoms with van der Waals surface area (Å²) in [6, 6.07) is 10.4. The molecule has 1 aromatic heterocycles. The van der Waals surface area contributed by atoms with Gasteiger partial charge in [0.25, 0.3) is 0 Å². The topological polar surface area (TPSA) is 73.6 Å². The highest BCUT2D eigenvalue weighted by Gasteiger charge is 2.13. The van der Waals surface area contributed by atoms with Crippen LogP contribution in [0.1, 0.15) is 21.7 Å². The van der Waals surface area contributed by atoms with Crippen molar-refractivity contribution in [2.45, 2.75) is 13.5 Å². The van der Waals surface area contributed by atoms with E-state index in [0.717, 1.165) is 22.4 Å². The van der Waals surface area contributed by atoms with E-state index in [-0.39, 0.29) is 5.56 Å². The van der Waals surface area contributed by atoms with Crippen LogP contribution in [0.2, 0.25) is 5.02 Å². The molecule has 6 nitrogen and oxygen atoms in total. The molecule has 1 heterocycles. The Labute approximate surface area is 155 Å². The number of nitrogens with zero attached hydrogens (tertiary/aromatic N) is 2. The lowest BCUT2D eigenvalue weighted by molar-refractivity contribution is 0.0697. The molecule has 0 atom stereocenters. The van der Waals surface area contributed by atoms with Crippen LogP contribution in [0.5, 0.6) is 5.75 Å². The zero-order chi connectivity index (χ0) is 18.7. The van der Waals surface area contributed by atoms with E-state index < -0.39 is 5.97 Å². The summed E-state index contributed by atoms with van der Waals surface area (Å²) in [5, 5.41) is 9.80. The predicted molar refractivity (Wildman–Crippen MR) is 99.4 cm³/mol. The van der Waals surface area contributed by atoms with E-state index in [9.17, 15) is 9.90 Å². The quantitative estimate of drug-likeness (QED) is 0.637. The van der Waals surface area contributed by atoms with Crippen LogP contribution in [0, 0.1) is 6.92 Å². The van der Waals surface area contributed by atoms with E-state index in [2.05, 4.69) is 4.98 Å². The SMILES string of the molecule is COCCOc1ccc(Cn2c(C)nc3ccc(C(=O)O)cc32)c(Cl)c1. The lowest BCUT2D eigenvalue weighted by atomic mass is 10.2. The number of carboxylic acid groups (broad SMARTS) is 1. The second kappa shape index (κ2) is 7.76. The summed E-state index contributed by atoms with van der Waals surface area (Å²) < 4.78 is 12.5. The Morgan fingerprint density at radius 1 is 1.23 bits per heavy atom. The maximum absolute atomic E-state index is 11.2. The molecule has 0 aliphatic heterocycles. The molecule has 0 unspecified atom stereocenters. The second-order valence-electron chi connectivity index (χ2n) is 5.85. The number of fused-ring (bicyclic) bond motifs is 1. The number of ether oxygens (including phenoxy) is 2. The lowest BCUT2D eigenvalue weighted by Gasteiger charge is -2.11. The fourth-order valence-electron chi connectivity index (χ4n) is 2.74. The molecule has 0 radical (unpaired) electrons. The van der Waals surface area contributed by atoms with Crippen LogP contribution in [0.15, 0.2) is 36.4 Å². The van der Waals surface area contributed by atoms with Crippen molar-refractivity contribution in [1.29, 1.82) is 0 Å². The van der Waals surface area contributed by atoms with Crippen molar-refractivity contribution in [3.8, 4) is 5.75 Å². The van der Waals surface area contributed by atoms with E-state index in [1.807, 2.05) is 23.6 Å². The number of carboxylic acids is 1. The molecular formula is C19H19ClN2O4. The summed E-state index contributed by atoms with van der Waals surface area (Å²) >= 11 is 6.41. The zero-order valence-electron chi connectivity index (χ0n) is 14.5. The molecule has 0 saturated heterocycles. The Morgan fingerprint density at radius 2 is 2.04 bits per heavy atom. The van der Waals surface area contributed by atoms with Gasteiger partial charge in [0.2, 0.25) is 0 Å². The smallest absolute Gasteiger partial charge is 0.335 e. The molecule has 0 saturated carbocycles. The average molecular weight is 375 g/mol. The Kier molecular flexibility index (Phi) is 5.44. The third kappa shape index (κ3) is 3.81. The van der Waals surface area contributed by atoms with Crippen LogP contribution in [0.25, 0.3) is 11.0 Å². The molecular weight excluding hydrogens is 356 g/mol. The van der Waals surface area contributed by atoms with Crippen LogP contribution < -0.4 is 4.74 Å². The fourth-order valence-corrected chi connectivity index (χ4v) is 2.97. The van der Waals surface area contributed by atoms with Crippen molar-refractivity contribution in [2.24, 2.45) is 0 Å². The van der Waals surface area contributed by atoms with E-state index in [4.69, 9.17) is 21.1 Å². The van der Waals surface area contributed by atoms with Gasteiger partial charge in [0.1, 0.15) is 18.2 Å². The van der Waals surface area contributed by atoms with Gasteiger partial charge in [-0.3, -0.25) is 0 Å². The molecule has 0 amide bonds. The van der Waals surface area contributed by atoms with Gasteiger partial charge in [0.05, 0.1) is 29.7 Å². The number of aromatic nitrogens is 2. The molecule has 0 spiro atoms. The van der Waals surface area contributed by atoms with Gasteiger partial charge in [-0.2, -0.15) is 0 Å². The number of hydrogen-bond acceptors (Lipinski definition) is 4. The third-order valence-corrected chi connectivity index (χ3v) is 4.45. The first kappa shape index (κ1) is 18.2. The number of hydrogen-bond donors (Lipinski definition) is 1. The number of aryl methyl sites for hydroxylation is 1. The van der Waals surface area contributed by atoms with Gasteiger partial charge in [-0.1, -0.05) is 17.7 Å². The van der Waals surface area contributed by atoms with Gasteiger partial charge in [-0.05, 0) is 42.8 Å². The number of carbonyl (C=O) groups is 1. The van der Waals surface area contributed by atoms with Gasteiger partial charge in [-0.25, -0.2) is 9.78 Å². The minimum Gasteiger partial charge on any atom is -0.491 e. The van der Waals surface area contributed by atoms with Crippen molar-refractivity contribution in [2.75, 3.05) is 20.3 Å². The first-order valence-corrected chi connectivity index (χ1v) is 8.47. The number of rotatable bonds is 7. The van der Waals surface area contributed by atoms with Crippen molar-refractivity contribution >= 4 is 28.6 Å². The maximum Gasteiger partial charge on any atom is 0.335 e. The molecule has 0 aliphatic carbocycles. The van der Waals surface area contributed by atoms with E-state index in [1.54, 1.807) is 31.4 Å². The molecule has 0 aliphatic rings. The van der Waals surface area contributed by atoms with Gasteiger partial charge in [0.15, 0.2) is 0 Å². The Balaban J connectivity index is 1.89. The van der Waals surface area contributed by atoms with E-state index in [1.165, 1.54) is 0 Å². The summed E-state index contributed by atoms with van der Waals surface area (Å²) in [6.45, 7) is 3.33. The molecule has 0 fully saturated rings. The number of benzene rings is 2. The standard InChI is InChI=1S/C19H19ClN2O4/c1-12-21-17-6-4-13(19(23)24)9-18(17)22(12)11-14-3-5-15(10-16(14)20)26-8-7-25-2/h3-6,9-10H,7-8,11H2,1-2H3,(H,23,24). The lowest BCUT2D eigenvalue weighted by Crippen LogP contribution is -2.06. The van der Waals surface area contributed by atoms with Crippen LogP contribution >= 0.6 is 11.6 Å². The molecule has 26 heavy (non-hydrogen) atoms. The zero-order valence-corrected chi connectivity index (χ0v) is 15.3. The average Bonchev–Trinajstić information content (AvgIpc) is 2.92. The molecule has 3 aromatic rings. The minimum atomic E-state index is -0.965. The van der Waals surface area contributed by atoms with Gasteiger partial charge < -0.3 is 19.1 Å². The van der Waals surface area contributed by atoms with Crippen LogP contribution in [-0.4, -0.2) is 41.0 Å². The summed E-state index contributed by atoms with van der Waals surface area (Å²) in [5.74, 6) is 0.503. The maximum atomic E-state index is 11.2. The monoisotopic (exact) mass is 374 g/mol. The molecule has 2 aromatic carbocycles. The number of aromatic carboxylic acids is 1. The first-order chi connectivity index (χ1) is 12.5. The Hall–Kier alpha value is -2.57. The highest BCUT2D eigenvalue weighted by atomic mass is 35.5. The molecule has 7 heteroatoms. The summed E-state index contributed by atoms with van der Waals surface area (Å²) in [5.41, 5.74) is 2.64. The van der Waals surface area contributed by atoms with Crippen molar-refractivity contribution in [1.82, 2.24) is 9.55 Å². The molecule has 136 valence electrons. The number of methoxy groups -OCH3 is 1. The van der Waals surface area contributed by atoms with Crippen molar-refractivity contribution < 1.29 is 19.4 Å². The molecule has 3 rings (SSSR count). The van der Waals surface area contributed by atoms with E-state index in [0.29, 0.717) is 30.5 Å². The Bertz CT molecular complexity index is 952. The minimum absolute atomic E-state index is 0.228. The third-order valence-electron chi connectivity index (χ3n) is 4.10. The molecule has 0 bridgehead atoms. The van der Waals surface area contributed by atoms with E-state index >= 15 is 0 Å². The van der Waals surface area contributed by atoms with Gasteiger partial charge >= 0.3 is 5.97 Å². The highest BCUT2D eigenvalue weighted by Crippen LogP contribution is 2.26. The summed E-state index contributed by atoms with van der Waals surface area (Å²) in [6.07, 6.45) is 0. The Morgan fingerprint density at radius 3 is 2.73 bits per heavy atom. The van der Waals surface area contributed by atoms with Crippen molar-refractivity contribution in [3.05, 3.63) is 58.4 Å². The molecule has 1 N–H and O–H groups in total. The van der Waals surface area contributed by atoms with Gasteiger partial charge in [-0.15, -0.1) is 0 Å².